The highest BCUT2D eigenvalue weighted by molar-refractivity contribution is 5.86. The zero-order valence-electron chi connectivity index (χ0n) is 12.9. The largest absolute Gasteiger partial charge is 0.457 e. The molecule has 0 radical (unpaired) electrons. The molecule has 1 aromatic carbocycles. The van der Waals surface area contributed by atoms with Crippen molar-refractivity contribution >= 4 is 5.97 Å². The average molecular weight is 290 g/mol. The van der Waals surface area contributed by atoms with E-state index in [0.717, 1.165) is 31.2 Å². The maximum Gasteiger partial charge on any atom is 0.333 e. The number of ether oxygens (including phenoxy) is 1. The lowest BCUT2D eigenvalue weighted by Crippen LogP contribution is -2.07. The van der Waals surface area contributed by atoms with Gasteiger partial charge in [-0.2, -0.15) is 0 Å². The first-order chi connectivity index (χ1) is 10.1. The molecule has 1 aromatic rings. The van der Waals surface area contributed by atoms with Crippen LogP contribution in [0.3, 0.4) is 0 Å². The molecule has 0 saturated carbocycles. The summed E-state index contributed by atoms with van der Waals surface area (Å²) in [6.07, 6.45) is 3.78. The Labute approximate surface area is 127 Å². The lowest BCUT2D eigenvalue weighted by atomic mass is 10.00. The second-order valence-electron chi connectivity index (χ2n) is 5.30. The van der Waals surface area contributed by atoms with Gasteiger partial charge in [0.25, 0.3) is 0 Å². The topological polar surface area (TPSA) is 78.3 Å². The van der Waals surface area contributed by atoms with Crippen LogP contribution in [0.15, 0.2) is 30.4 Å². The molecule has 0 heterocycles. The summed E-state index contributed by atoms with van der Waals surface area (Å²) in [5.41, 5.74) is 15.0. The first kappa shape index (κ1) is 17.4. The highest BCUT2D eigenvalue weighted by Gasteiger charge is 2.06. The molecule has 116 valence electrons. The van der Waals surface area contributed by atoms with E-state index in [4.69, 9.17) is 16.2 Å². The van der Waals surface area contributed by atoms with Crippen molar-refractivity contribution in [2.45, 2.75) is 39.2 Å². The molecule has 0 spiro atoms. The summed E-state index contributed by atoms with van der Waals surface area (Å²) >= 11 is 0. The number of carbonyl (C=O) groups is 1. The maximum atomic E-state index is 11.5. The fourth-order valence-corrected chi connectivity index (χ4v) is 2.10. The van der Waals surface area contributed by atoms with Crippen molar-refractivity contribution in [2.24, 2.45) is 11.5 Å². The molecule has 0 aliphatic carbocycles. The standard InChI is InChI=1S/C17H26N2O2/c1-13(2)17(20)21-12-16-10-14(5-3-7-18)9-15(11-16)6-4-8-19/h9-11H,1,3-8,12,18-19H2,2H3. The Hall–Kier alpha value is -1.65. The van der Waals surface area contributed by atoms with Crippen LogP contribution in [0.5, 0.6) is 0 Å². The molecule has 0 aliphatic rings. The summed E-state index contributed by atoms with van der Waals surface area (Å²) in [6, 6.07) is 6.34. The quantitative estimate of drug-likeness (QED) is 0.539. The SMILES string of the molecule is C=C(C)C(=O)OCc1cc(CCCN)cc(CCCN)c1. The number of esters is 1. The Kier molecular flexibility index (Phi) is 7.72. The fraction of sp³-hybridized carbons (Fsp3) is 0.471. The molecule has 4 heteroatoms. The molecular weight excluding hydrogens is 264 g/mol. The van der Waals surface area contributed by atoms with E-state index in [9.17, 15) is 4.79 Å². The van der Waals surface area contributed by atoms with Crippen molar-refractivity contribution in [3.8, 4) is 0 Å². The van der Waals surface area contributed by atoms with Crippen molar-refractivity contribution in [3.05, 3.63) is 47.0 Å². The average Bonchev–Trinajstić information content (AvgIpc) is 2.48. The highest BCUT2D eigenvalue weighted by atomic mass is 16.5. The predicted octanol–water partition coefficient (Wildman–Crippen LogP) is 2.09. The zero-order valence-corrected chi connectivity index (χ0v) is 12.9. The molecule has 0 fully saturated rings. The van der Waals surface area contributed by atoms with Gasteiger partial charge in [0.2, 0.25) is 0 Å². The van der Waals surface area contributed by atoms with E-state index in [0.29, 0.717) is 18.7 Å². The molecule has 1 rings (SSSR count). The van der Waals surface area contributed by atoms with Crippen LogP contribution < -0.4 is 11.5 Å². The molecule has 0 amide bonds. The Balaban J connectivity index is 2.79. The van der Waals surface area contributed by atoms with Crippen LogP contribution in [-0.2, 0) is 29.0 Å². The van der Waals surface area contributed by atoms with Gasteiger partial charge in [-0.05, 0) is 62.4 Å². The van der Waals surface area contributed by atoms with E-state index in [1.165, 1.54) is 11.1 Å². The van der Waals surface area contributed by atoms with Gasteiger partial charge in [-0.25, -0.2) is 4.79 Å². The van der Waals surface area contributed by atoms with Crippen molar-refractivity contribution in [2.75, 3.05) is 13.1 Å². The minimum atomic E-state index is -0.356. The van der Waals surface area contributed by atoms with E-state index < -0.39 is 0 Å². The molecule has 4 N–H and O–H groups in total. The molecule has 4 nitrogen and oxygen atoms in total. The second-order valence-corrected chi connectivity index (χ2v) is 5.30. The third kappa shape index (κ3) is 6.56. The molecule has 0 bridgehead atoms. The molecule has 0 saturated heterocycles. The first-order valence-corrected chi connectivity index (χ1v) is 7.41. The number of aryl methyl sites for hydroxylation is 2. The smallest absolute Gasteiger partial charge is 0.333 e. The summed E-state index contributed by atoms with van der Waals surface area (Å²) in [5, 5.41) is 0. The lowest BCUT2D eigenvalue weighted by molar-refractivity contribution is -0.140. The summed E-state index contributed by atoms with van der Waals surface area (Å²) in [7, 11) is 0. The third-order valence-electron chi connectivity index (χ3n) is 3.17. The Morgan fingerprint density at radius 2 is 1.52 bits per heavy atom. The van der Waals surface area contributed by atoms with E-state index in [1.54, 1.807) is 6.92 Å². The van der Waals surface area contributed by atoms with Crippen molar-refractivity contribution in [1.29, 1.82) is 0 Å². The number of nitrogens with two attached hydrogens (primary N) is 2. The minimum absolute atomic E-state index is 0.276. The van der Waals surface area contributed by atoms with Crippen LogP contribution in [0.25, 0.3) is 0 Å². The van der Waals surface area contributed by atoms with E-state index in [1.807, 2.05) is 0 Å². The summed E-state index contributed by atoms with van der Waals surface area (Å²) < 4.78 is 5.22. The van der Waals surface area contributed by atoms with Crippen LogP contribution in [0, 0.1) is 0 Å². The van der Waals surface area contributed by atoms with Crippen molar-refractivity contribution < 1.29 is 9.53 Å². The lowest BCUT2D eigenvalue weighted by Gasteiger charge is -2.10. The maximum absolute atomic E-state index is 11.5. The minimum Gasteiger partial charge on any atom is -0.457 e. The molecule has 21 heavy (non-hydrogen) atoms. The number of benzene rings is 1. The molecule has 0 aliphatic heterocycles. The van der Waals surface area contributed by atoms with E-state index >= 15 is 0 Å². The summed E-state index contributed by atoms with van der Waals surface area (Å²) in [4.78, 5) is 11.5. The second kappa shape index (κ2) is 9.32. The third-order valence-corrected chi connectivity index (χ3v) is 3.17. The van der Waals surface area contributed by atoms with Gasteiger partial charge in [-0.3, -0.25) is 0 Å². The Bertz CT molecular complexity index is 457. The van der Waals surface area contributed by atoms with Crippen LogP contribution >= 0.6 is 0 Å². The summed E-state index contributed by atoms with van der Waals surface area (Å²) in [6.45, 7) is 6.85. The van der Waals surface area contributed by atoms with Gasteiger partial charge in [0.05, 0.1) is 0 Å². The first-order valence-electron chi connectivity index (χ1n) is 7.41. The Morgan fingerprint density at radius 3 is 1.95 bits per heavy atom. The monoisotopic (exact) mass is 290 g/mol. The highest BCUT2D eigenvalue weighted by Crippen LogP contribution is 2.15. The fourth-order valence-electron chi connectivity index (χ4n) is 2.10. The van der Waals surface area contributed by atoms with Crippen LogP contribution in [0.2, 0.25) is 0 Å². The van der Waals surface area contributed by atoms with E-state index in [-0.39, 0.29) is 12.6 Å². The van der Waals surface area contributed by atoms with Crippen molar-refractivity contribution in [3.63, 3.8) is 0 Å². The van der Waals surface area contributed by atoms with Gasteiger partial charge in [0, 0.05) is 5.57 Å². The van der Waals surface area contributed by atoms with E-state index in [2.05, 4.69) is 24.8 Å². The molecule has 0 atom stereocenters. The number of hydrogen-bond donors (Lipinski definition) is 2. The summed E-state index contributed by atoms with van der Waals surface area (Å²) in [5.74, 6) is -0.356. The van der Waals surface area contributed by atoms with Crippen LogP contribution in [0.4, 0.5) is 0 Å². The van der Waals surface area contributed by atoms with Gasteiger partial charge < -0.3 is 16.2 Å². The predicted molar refractivity (Wildman–Crippen MR) is 85.8 cm³/mol. The van der Waals surface area contributed by atoms with Gasteiger partial charge in [0.1, 0.15) is 6.61 Å². The molecule has 0 unspecified atom stereocenters. The Morgan fingerprint density at radius 1 is 1.05 bits per heavy atom. The van der Waals surface area contributed by atoms with Gasteiger partial charge in [0.15, 0.2) is 0 Å². The number of hydrogen-bond acceptors (Lipinski definition) is 4. The van der Waals surface area contributed by atoms with Gasteiger partial charge in [-0.1, -0.05) is 24.8 Å². The van der Waals surface area contributed by atoms with Crippen LogP contribution in [0.1, 0.15) is 36.5 Å². The number of carbonyl (C=O) groups excluding carboxylic acids is 1. The van der Waals surface area contributed by atoms with Gasteiger partial charge in [-0.15, -0.1) is 0 Å². The van der Waals surface area contributed by atoms with Crippen LogP contribution in [-0.4, -0.2) is 19.1 Å². The molecule has 0 aromatic heterocycles. The number of rotatable bonds is 9. The zero-order chi connectivity index (χ0) is 15.7. The van der Waals surface area contributed by atoms with Gasteiger partial charge >= 0.3 is 5.97 Å². The molecular formula is C17H26N2O2. The normalized spacial score (nSPS) is 10.4. The van der Waals surface area contributed by atoms with Crippen molar-refractivity contribution in [1.82, 2.24) is 0 Å².